The van der Waals surface area contributed by atoms with E-state index in [0.717, 1.165) is 51.4 Å². The monoisotopic (exact) mass is 421 g/mol. The first kappa shape index (κ1) is 26.9. The number of rotatable bonds is 16. The number of carbonyl (C=O) groups excluding carboxylic acids is 2. The van der Waals surface area contributed by atoms with Gasteiger partial charge < -0.3 is 14.0 Å². The fourth-order valence-electron chi connectivity index (χ4n) is 3.27. The Morgan fingerprint density at radius 3 is 1.54 bits per heavy atom. The molecule has 0 fully saturated rings. The van der Waals surface area contributed by atoms with E-state index >= 15 is 0 Å². The van der Waals surface area contributed by atoms with Gasteiger partial charge in [0, 0.05) is 0 Å². The fourth-order valence-corrected chi connectivity index (χ4v) is 3.92. The van der Waals surface area contributed by atoms with Gasteiger partial charge in [0.05, 0.1) is 19.6 Å². The molecule has 0 aliphatic carbocycles. The lowest BCUT2D eigenvalue weighted by molar-refractivity contribution is -0.151. The second kappa shape index (κ2) is 14.8. The molecule has 0 rings (SSSR count). The molecule has 0 aliphatic heterocycles. The molecule has 0 radical (unpaired) electrons. The van der Waals surface area contributed by atoms with Crippen LogP contribution in [-0.2, 0) is 29.2 Å². The molecule has 0 amide bonds. The molecule has 0 saturated carbocycles. The zero-order valence-electron chi connectivity index (χ0n) is 17.8. The summed E-state index contributed by atoms with van der Waals surface area (Å²) in [5.74, 6) is -1.72. The normalized spacial score (nSPS) is 13.0. The van der Waals surface area contributed by atoms with E-state index in [9.17, 15) is 22.6 Å². The summed E-state index contributed by atoms with van der Waals surface area (Å²) in [6, 6.07) is 0. The van der Waals surface area contributed by atoms with Gasteiger partial charge in [0.2, 0.25) is 0 Å². The van der Waals surface area contributed by atoms with E-state index in [1.807, 2.05) is 27.7 Å². The Balaban J connectivity index is 4.81. The van der Waals surface area contributed by atoms with Crippen LogP contribution in [0, 0.1) is 11.8 Å². The van der Waals surface area contributed by atoms with Crippen LogP contribution in [-0.4, -0.2) is 43.4 Å². The lowest BCUT2D eigenvalue weighted by Crippen LogP contribution is -2.35. The highest BCUT2D eigenvalue weighted by Crippen LogP contribution is 2.17. The van der Waals surface area contributed by atoms with Gasteiger partial charge in [0.25, 0.3) is 0 Å². The molecular weight excluding hydrogens is 384 g/mol. The Bertz CT molecular complexity index is 533. The Hall–Kier alpha value is -1.15. The Morgan fingerprint density at radius 2 is 1.18 bits per heavy atom. The Kier molecular flexibility index (Phi) is 14.2. The van der Waals surface area contributed by atoms with Gasteiger partial charge >= 0.3 is 11.9 Å². The maximum absolute atomic E-state index is 12.2. The third-order valence-corrected chi connectivity index (χ3v) is 5.75. The van der Waals surface area contributed by atoms with Crippen molar-refractivity contribution in [3.8, 4) is 0 Å². The number of ether oxygens (including phenoxy) is 2. The van der Waals surface area contributed by atoms with Crippen LogP contribution in [0.5, 0.6) is 0 Å². The molecule has 1 atom stereocenters. The molecule has 7 nitrogen and oxygen atoms in total. The first-order valence-electron chi connectivity index (χ1n) is 10.5. The molecule has 166 valence electrons. The van der Waals surface area contributed by atoms with Gasteiger partial charge in [-0.2, -0.15) is 0 Å². The molecule has 0 aliphatic rings. The fraction of sp³-hybridized carbons (Fsp3) is 0.900. The van der Waals surface area contributed by atoms with Crippen molar-refractivity contribution in [2.24, 2.45) is 11.8 Å². The van der Waals surface area contributed by atoms with E-state index in [4.69, 9.17) is 9.47 Å². The maximum Gasteiger partial charge on any atom is 0.323 e. The zero-order valence-corrected chi connectivity index (χ0v) is 18.6. The summed E-state index contributed by atoms with van der Waals surface area (Å²) in [6.07, 6.45) is 6.38. The van der Waals surface area contributed by atoms with Crippen LogP contribution < -0.4 is 0 Å². The van der Waals surface area contributed by atoms with Crippen molar-refractivity contribution in [1.82, 2.24) is 0 Å². The predicted octanol–water partition coefficient (Wildman–Crippen LogP) is 3.81. The summed E-state index contributed by atoms with van der Waals surface area (Å²) in [7, 11) is -5.02. The number of esters is 2. The van der Waals surface area contributed by atoms with Gasteiger partial charge in [-0.3, -0.25) is 9.59 Å². The predicted molar refractivity (Wildman–Crippen MR) is 107 cm³/mol. The summed E-state index contributed by atoms with van der Waals surface area (Å²) in [4.78, 5) is 24.2. The highest BCUT2D eigenvalue weighted by atomic mass is 32.2. The van der Waals surface area contributed by atoms with Crippen LogP contribution in [0.1, 0.15) is 85.5 Å². The molecule has 1 unspecified atom stereocenters. The van der Waals surface area contributed by atoms with Crippen molar-refractivity contribution < 1.29 is 32.0 Å². The highest BCUT2D eigenvalue weighted by Gasteiger charge is 2.31. The van der Waals surface area contributed by atoms with Crippen molar-refractivity contribution in [1.29, 1.82) is 0 Å². The van der Waals surface area contributed by atoms with E-state index in [0.29, 0.717) is 0 Å². The standard InChI is InChI=1S/C20H38O7S/c1-5-9-16(10-6-2)14-26-19(21)13-18(28(23,24)25)20(22)27-15-17(11-7-3)12-8-4/h16-18H,5-15H2,1-4H3,(H,23,24,25)/p-1. The summed E-state index contributed by atoms with van der Waals surface area (Å²) in [6.45, 7) is 8.30. The third-order valence-electron chi connectivity index (χ3n) is 4.69. The van der Waals surface area contributed by atoms with Gasteiger partial charge in [-0.05, 0) is 37.5 Å². The number of carbonyl (C=O) groups is 2. The van der Waals surface area contributed by atoms with Crippen molar-refractivity contribution in [3.05, 3.63) is 0 Å². The third kappa shape index (κ3) is 11.6. The van der Waals surface area contributed by atoms with Gasteiger partial charge in [-0.1, -0.05) is 53.4 Å². The molecule has 28 heavy (non-hydrogen) atoms. The smallest absolute Gasteiger partial charge is 0.323 e. The first-order chi connectivity index (χ1) is 13.2. The van der Waals surface area contributed by atoms with E-state index in [1.165, 1.54) is 0 Å². The van der Waals surface area contributed by atoms with Crippen molar-refractivity contribution in [2.75, 3.05) is 13.2 Å². The van der Waals surface area contributed by atoms with Crippen LogP contribution in [0.15, 0.2) is 0 Å². The van der Waals surface area contributed by atoms with Crippen molar-refractivity contribution in [2.45, 2.75) is 90.7 Å². The van der Waals surface area contributed by atoms with E-state index in [2.05, 4.69) is 0 Å². The van der Waals surface area contributed by atoms with Crippen LogP contribution in [0.2, 0.25) is 0 Å². The van der Waals surface area contributed by atoms with Crippen LogP contribution >= 0.6 is 0 Å². The maximum atomic E-state index is 12.2. The lowest BCUT2D eigenvalue weighted by Gasteiger charge is -2.21. The average molecular weight is 422 g/mol. The first-order valence-corrected chi connectivity index (χ1v) is 11.9. The largest absolute Gasteiger partial charge is 0.747 e. The topological polar surface area (TPSA) is 110 Å². The summed E-state index contributed by atoms with van der Waals surface area (Å²) in [5.41, 5.74) is 0. The van der Waals surface area contributed by atoms with Crippen molar-refractivity contribution >= 4 is 22.1 Å². The molecule has 0 heterocycles. The minimum atomic E-state index is -5.02. The lowest BCUT2D eigenvalue weighted by atomic mass is 9.99. The summed E-state index contributed by atoms with van der Waals surface area (Å²) >= 11 is 0. The molecule has 0 spiro atoms. The minimum Gasteiger partial charge on any atom is -0.747 e. The molecule has 8 heteroatoms. The van der Waals surface area contributed by atoms with E-state index in [1.54, 1.807) is 0 Å². The Labute approximate surface area is 170 Å². The van der Waals surface area contributed by atoms with E-state index in [-0.39, 0.29) is 25.0 Å². The van der Waals surface area contributed by atoms with Gasteiger partial charge in [0.1, 0.15) is 10.1 Å². The molecule has 0 aromatic carbocycles. The van der Waals surface area contributed by atoms with Gasteiger partial charge in [-0.25, -0.2) is 8.42 Å². The second-order valence-corrected chi connectivity index (χ2v) is 8.94. The molecule has 0 saturated heterocycles. The molecular formula is C20H37O7S-. The molecule has 0 bridgehead atoms. The van der Waals surface area contributed by atoms with Gasteiger partial charge in [-0.15, -0.1) is 0 Å². The Morgan fingerprint density at radius 1 is 0.786 bits per heavy atom. The summed E-state index contributed by atoms with van der Waals surface area (Å²) < 4.78 is 44.7. The molecule has 0 aromatic heterocycles. The quantitative estimate of drug-likeness (QED) is 0.275. The second-order valence-electron chi connectivity index (χ2n) is 7.39. The molecule has 0 aromatic rings. The van der Waals surface area contributed by atoms with Gasteiger partial charge in [0.15, 0.2) is 5.25 Å². The minimum absolute atomic E-state index is 0.0522. The van der Waals surface area contributed by atoms with Crippen molar-refractivity contribution in [3.63, 3.8) is 0 Å². The highest BCUT2D eigenvalue weighted by molar-refractivity contribution is 7.87. The molecule has 0 N–H and O–H groups in total. The summed E-state index contributed by atoms with van der Waals surface area (Å²) in [5, 5.41) is -2.06. The van der Waals surface area contributed by atoms with Crippen LogP contribution in [0.4, 0.5) is 0 Å². The van der Waals surface area contributed by atoms with Crippen LogP contribution in [0.25, 0.3) is 0 Å². The average Bonchev–Trinajstić information content (AvgIpc) is 2.61. The SMILES string of the molecule is CCCC(CCC)COC(=O)CC(C(=O)OCC(CCC)CCC)S(=O)(=O)[O-]. The zero-order chi connectivity index (χ0) is 21.6. The van der Waals surface area contributed by atoms with Crippen LogP contribution in [0.3, 0.4) is 0 Å². The number of hydrogen-bond acceptors (Lipinski definition) is 7. The van der Waals surface area contributed by atoms with E-state index < -0.39 is 33.7 Å². The number of hydrogen-bond donors (Lipinski definition) is 0.